The molecule has 0 saturated carbocycles. The second kappa shape index (κ2) is 11.4. The average molecular weight is 374 g/mol. The highest BCUT2D eigenvalue weighted by Gasteiger charge is 2.27. The Labute approximate surface area is 147 Å². The van der Waals surface area contributed by atoms with E-state index in [1.807, 2.05) is 19.0 Å². The van der Waals surface area contributed by atoms with Crippen LogP contribution in [0.5, 0.6) is 5.75 Å². The second-order valence-corrected chi connectivity index (χ2v) is 4.89. The summed E-state index contributed by atoms with van der Waals surface area (Å²) >= 11 is 0. The molecule has 1 rings (SSSR count). The maximum absolute atomic E-state index is 13.0. The highest BCUT2D eigenvalue weighted by molar-refractivity contribution is 5.96. The highest BCUT2D eigenvalue weighted by Crippen LogP contribution is 2.18. The molecule has 3 N–H and O–H groups in total. The summed E-state index contributed by atoms with van der Waals surface area (Å²) < 4.78 is 31.6. The third-order valence-corrected chi connectivity index (χ3v) is 2.73. The van der Waals surface area contributed by atoms with E-state index in [0.717, 1.165) is 0 Å². The molecule has 0 radical (unpaired) electrons. The number of hydrogen-bond donors (Lipinski definition) is 2. The van der Waals surface area contributed by atoms with Crippen LogP contribution >= 0.6 is 24.8 Å². The fourth-order valence-corrected chi connectivity index (χ4v) is 1.50. The molecule has 0 spiro atoms. The van der Waals surface area contributed by atoms with E-state index in [9.17, 15) is 13.6 Å². The van der Waals surface area contributed by atoms with Crippen molar-refractivity contribution in [2.45, 2.75) is 5.92 Å². The molecule has 0 aliphatic heterocycles. The van der Waals surface area contributed by atoms with Crippen molar-refractivity contribution in [1.29, 1.82) is 0 Å². The van der Waals surface area contributed by atoms with Gasteiger partial charge in [0.2, 0.25) is 0 Å². The summed E-state index contributed by atoms with van der Waals surface area (Å²) in [7, 11) is 3.80. The number of hydrogen-bond acceptors (Lipinski definition) is 4. The number of alkyl halides is 2. The summed E-state index contributed by atoms with van der Waals surface area (Å²) in [5, 5.41) is 2.17. The van der Waals surface area contributed by atoms with Crippen molar-refractivity contribution in [2.75, 3.05) is 40.3 Å². The Morgan fingerprint density at radius 2 is 1.91 bits per heavy atom. The number of benzene rings is 1. The molecule has 0 atom stereocenters. The van der Waals surface area contributed by atoms with Crippen molar-refractivity contribution < 1.29 is 18.3 Å². The molecule has 0 unspecified atom stereocenters. The Kier molecular flexibility index (Phi) is 11.9. The van der Waals surface area contributed by atoms with E-state index in [1.54, 1.807) is 18.2 Å². The van der Waals surface area contributed by atoms with Gasteiger partial charge in [-0.05, 0) is 26.2 Å². The van der Waals surface area contributed by atoms with Crippen LogP contribution in [-0.4, -0.2) is 57.1 Å². The lowest BCUT2D eigenvalue weighted by Gasteiger charge is -2.16. The van der Waals surface area contributed by atoms with Crippen LogP contribution in [0.4, 0.5) is 8.78 Å². The molecule has 1 aromatic carbocycles. The first-order valence-electron chi connectivity index (χ1n) is 6.58. The van der Waals surface area contributed by atoms with Crippen molar-refractivity contribution in [1.82, 2.24) is 10.2 Å². The number of para-hydroxylation sites is 1. The number of nitrogens with two attached hydrogens (primary N) is 1. The molecule has 0 aromatic heterocycles. The van der Waals surface area contributed by atoms with E-state index in [4.69, 9.17) is 10.5 Å². The molecule has 0 aliphatic rings. The SMILES string of the molecule is CN(C)CCOc1ccccc1C(=O)NCC(F)(F)CN.Cl.Cl. The van der Waals surface area contributed by atoms with Crippen LogP contribution < -0.4 is 15.8 Å². The van der Waals surface area contributed by atoms with E-state index >= 15 is 0 Å². The number of amides is 1. The van der Waals surface area contributed by atoms with Crippen molar-refractivity contribution in [3.05, 3.63) is 29.8 Å². The fourth-order valence-electron chi connectivity index (χ4n) is 1.50. The quantitative estimate of drug-likeness (QED) is 0.728. The summed E-state index contributed by atoms with van der Waals surface area (Å²) in [6.45, 7) is -0.528. The zero-order valence-electron chi connectivity index (χ0n) is 13.1. The Morgan fingerprint density at radius 3 is 2.48 bits per heavy atom. The van der Waals surface area contributed by atoms with Gasteiger partial charge in [0.05, 0.1) is 18.7 Å². The summed E-state index contributed by atoms with van der Waals surface area (Å²) in [6.07, 6.45) is 0. The number of nitrogens with one attached hydrogen (secondary N) is 1. The molecule has 0 heterocycles. The van der Waals surface area contributed by atoms with E-state index in [2.05, 4.69) is 5.32 Å². The van der Waals surface area contributed by atoms with Gasteiger partial charge in [0.1, 0.15) is 12.4 Å². The van der Waals surface area contributed by atoms with Crippen molar-refractivity contribution in [3.63, 3.8) is 0 Å². The van der Waals surface area contributed by atoms with Gasteiger partial charge in [0.25, 0.3) is 11.8 Å². The molecule has 1 amide bonds. The molecule has 5 nitrogen and oxygen atoms in total. The minimum absolute atomic E-state index is 0. The third-order valence-electron chi connectivity index (χ3n) is 2.73. The summed E-state index contributed by atoms with van der Waals surface area (Å²) in [5.41, 5.74) is 5.15. The van der Waals surface area contributed by atoms with Crippen molar-refractivity contribution in [3.8, 4) is 5.75 Å². The van der Waals surface area contributed by atoms with Gasteiger partial charge >= 0.3 is 0 Å². The van der Waals surface area contributed by atoms with Crippen LogP contribution in [0.2, 0.25) is 0 Å². The normalized spacial score (nSPS) is 10.5. The number of ether oxygens (including phenoxy) is 1. The Balaban J connectivity index is 0. The topological polar surface area (TPSA) is 67.6 Å². The van der Waals surface area contributed by atoms with Gasteiger partial charge in [-0.3, -0.25) is 4.79 Å². The molecule has 134 valence electrons. The summed E-state index contributed by atoms with van der Waals surface area (Å²) in [5.74, 6) is -3.35. The minimum Gasteiger partial charge on any atom is -0.491 e. The maximum Gasteiger partial charge on any atom is 0.277 e. The Bertz CT molecular complexity index is 477. The maximum atomic E-state index is 13.0. The first-order chi connectivity index (χ1) is 9.85. The zero-order chi connectivity index (χ0) is 15.9. The lowest BCUT2D eigenvalue weighted by Crippen LogP contribution is -2.41. The predicted molar refractivity (Wildman–Crippen MR) is 91.3 cm³/mol. The van der Waals surface area contributed by atoms with Crippen molar-refractivity contribution >= 4 is 30.7 Å². The van der Waals surface area contributed by atoms with Gasteiger partial charge in [-0.2, -0.15) is 0 Å². The summed E-state index contributed by atoms with van der Waals surface area (Å²) in [4.78, 5) is 13.9. The molecule has 0 saturated heterocycles. The van der Waals surface area contributed by atoms with E-state index in [0.29, 0.717) is 18.9 Å². The van der Waals surface area contributed by atoms with E-state index in [-0.39, 0.29) is 30.4 Å². The second-order valence-electron chi connectivity index (χ2n) is 4.89. The van der Waals surface area contributed by atoms with Gasteiger partial charge in [-0.15, -0.1) is 24.8 Å². The number of carbonyl (C=O) groups excluding carboxylic acids is 1. The first kappa shape index (κ1) is 24.1. The Hall–Kier alpha value is -1.15. The van der Waals surface area contributed by atoms with E-state index in [1.165, 1.54) is 6.07 Å². The monoisotopic (exact) mass is 373 g/mol. The van der Waals surface area contributed by atoms with Gasteiger partial charge in [0, 0.05) is 6.54 Å². The van der Waals surface area contributed by atoms with Crippen molar-refractivity contribution in [2.24, 2.45) is 5.73 Å². The summed E-state index contributed by atoms with van der Waals surface area (Å²) in [6, 6.07) is 6.53. The number of halogens is 4. The largest absolute Gasteiger partial charge is 0.491 e. The van der Waals surface area contributed by atoms with Crippen LogP contribution in [0.15, 0.2) is 24.3 Å². The third kappa shape index (κ3) is 8.90. The molecular weight excluding hydrogens is 351 g/mol. The van der Waals surface area contributed by atoms with Crippen LogP contribution in [-0.2, 0) is 0 Å². The lowest BCUT2D eigenvalue weighted by atomic mass is 10.2. The molecule has 9 heteroatoms. The van der Waals surface area contributed by atoms with Crippen LogP contribution in [0.1, 0.15) is 10.4 Å². The molecule has 1 aromatic rings. The molecule has 0 fully saturated rings. The fraction of sp³-hybridized carbons (Fsp3) is 0.500. The molecular formula is C14H23Cl2F2N3O2. The zero-order valence-corrected chi connectivity index (χ0v) is 14.7. The standard InChI is InChI=1S/C14H21F2N3O2.2ClH/c1-19(2)7-8-21-12-6-4-3-5-11(12)13(20)18-10-14(15,16)9-17;;/h3-6H,7-10,17H2,1-2H3,(H,18,20);2*1H. The Morgan fingerprint density at radius 1 is 1.30 bits per heavy atom. The lowest BCUT2D eigenvalue weighted by molar-refractivity contribution is 0.0118. The minimum atomic E-state index is -3.11. The van der Waals surface area contributed by atoms with Crippen LogP contribution in [0, 0.1) is 0 Å². The molecule has 0 aliphatic carbocycles. The van der Waals surface area contributed by atoms with Gasteiger partial charge < -0.3 is 20.7 Å². The smallest absolute Gasteiger partial charge is 0.277 e. The number of carbonyl (C=O) groups is 1. The van der Waals surface area contributed by atoms with Crippen LogP contribution in [0.25, 0.3) is 0 Å². The van der Waals surface area contributed by atoms with Crippen LogP contribution in [0.3, 0.4) is 0 Å². The predicted octanol–water partition coefficient (Wildman–Crippen LogP) is 1.79. The van der Waals surface area contributed by atoms with Gasteiger partial charge in [0.15, 0.2) is 0 Å². The molecule has 23 heavy (non-hydrogen) atoms. The first-order valence-corrected chi connectivity index (χ1v) is 6.58. The van der Waals surface area contributed by atoms with E-state index < -0.39 is 24.9 Å². The number of likely N-dealkylation sites (N-methyl/N-ethyl adjacent to an activating group) is 1. The number of rotatable bonds is 8. The van der Waals surface area contributed by atoms with Gasteiger partial charge in [-0.1, -0.05) is 12.1 Å². The van der Waals surface area contributed by atoms with Gasteiger partial charge in [-0.25, -0.2) is 8.78 Å². The highest BCUT2D eigenvalue weighted by atomic mass is 35.5. The molecule has 0 bridgehead atoms. The number of nitrogens with zero attached hydrogens (tertiary/aromatic N) is 1. The average Bonchev–Trinajstić information content (AvgIpc) is 2.45.